The summed E-state index contributed by atoms with van der Waals surface area (Å²) in [6, 6.07) is 16.8. The van der Waals surface area contributed by atoms with Crippen LogP contribution in [0.3, 0.4) is 0 Å². The van der Waals surface area contributed by atoms with Crippen molar-refractivity contribution in [1.29, 1.82) is 0 Å². The number of ketones is 1. The van der Waals surface area contributed by atoms with Gasteiger partial charge in [0.1, 0.15) is 9.85 Å². The molecule has 0 saturated heterocycles. The molecule has 35 heavy (non-hydrogen) atoms. The van der Waals surface area contributed by atoms with Gasteiger partial charge in [-0.05, 0) is 54.1 Å². The monoisotopic (exact) mass is 566 g/mol. The number of para-hydroxylation sites is 2. The van der Waals surface area contributed by atoms with Crippen molar-refractivity contribution in [2.24, 2.45) is 5.92 Å². The van der Waals surface area contributed by atoms with Gasteiger partial charge in [0.2, 0.25) is 11.8 Å². The van der Waals surface area contributed by atoms with Gasteiger partial charge in [0, 0.05) is 27.2 Å². The molecule has 0 radical (unpaired) electrons. The Kier molecular flexibility index (Phi) is 6.49. The maximum Gasteiger partial charge on any atom is 0.231 e. The molecule has 1 fully saturated rings. The number of anilines is 1. The fourth-order valence-electron chi connectivity index (χ4n) is 4.09. The number of hydrogen-bond donors (Lipinski definition) is 1. The molecule has 5 rings (SSSR count). The lowest BCUT2D eigenvalue weighted by Gasteiger charge is -2.09. The number of halogens is 5. The van der Waals surface area contributed by atoms with Crippen LogP contribution in [0.4, 0.5) is 5.69 Å². The summed E-state index contributed by atoms with van der Waals surface area (Å²) in [6.07, 6.45) is -0.0848. The predicted octanol–water partition coefficient (Wildman–Crippen LogP) is 7.74. The summed E-state index contributed by atoms with van der Waals surface area (Å²) in [4.78, 5) is 30.3. The quantitative estimate of drug-likeness (QED) is 0.191. The Balaban J connectivity index is 1.33. The van der Waals surface area contributed by atoms with Crippen molar-refractivity contribution < 1.29 is 14.0 Å². The van der Waals surface area contributed by atoms with E-state index in [1.807, 2.05) is 12.1 Å². The molecule has 178 valence electrons. The van der Waals surface area contributed by atoms with Gasteiger partial charge in [0.15, 0.2) is 11.4 Å². The molecule has 1 aliphatic carbocycles. The van der Waals surface area contributed by atoms with E-state index in [9.17, 15) is 9.59 Å². The highest BCUT2D eigenvalue weighted by Crippen LogP contribution is 2.65. The number of fused-ring (bicyclic) bond motifs is 1. The number of aromatic nitrogens is 1. The molecule has 3 aromatic carbocycles. The fourth-order valence-corrected chi connectivity index (χ4v) is 5.68. The molecule has 4 aromatic rings. The van der Waals surface area contributed by atoms with Gasteiger partial charge in [-0.3, -0.25) is 9.59 Å². The van der Waals surface area contributed by atoms with Crippen molar-refractivity contribution in [3.8, 4) is 0 Å². The van der Waals surface area contributed by atoms with Crippen LogP contribution in [0.2, 0.25) is 15.1 Å². The Morgan fingerprint density at radius 2 is 1.69 bits per heavy atom. The van der Waals surface area contributed by atoms with Gasteiger partial charge in [-0.2, -0.15) is 0 Å². The second-order valence-corrected chi connectivity index (χ2v) is 10.9. The first-order valence-electron chi connectivity index (χ1n) is 10.5. The van der Waals surface area contributed by atoms with Gasteiger partial charge >= 0.3 is 0 Å². The summed E-state index contributed by atoms with van der Waals surface area (Å²) >= 11 is 31.3. The second-order valence-electron chi connectivity index (χ2n) is 8.19. The first-order valence-corrected chi connectivity index (χ1v) is 12.3. The zero-order valence-electron chi connectivity index (χ0n) is 17.7. The van der Waals surface area contributed by atoms with Crippen molar-refractivity contribution in [3.05, 3.63) is 92.7 Å². The first-order chi connectivity index (χ1) is 16.6. The van der Waals surface area contributed by atoms with E-state index >= 15 is 0 Å². The minimum atomic E-state index is -1.32. The van der Waals surface area contributed by atoms with Crippen molar-refractivity contribution in [1.82, 2.24) is 4.98 Å². The third kappa shape index (κ3) is 4.89. The number of rotatable bonds is 6. The van der Waals surface area contributed by atoms with Crippen LogP contribution in [0.1, 0.15) is 27.7 Å². The summed E-state index contributed by atoms with van der Waals surface area (Å²) in [6.45, 7) is 0. The molecule has 0 bridgehead atoms. The number of hydrogen-bond acceptors (Lipinski definition) is 4. The lowest BCUT2D eigenvalue weighted by atomic mass is 10.1. The molecule has 1 aliphatic rings. The summed E-state index contributed by atoms with van der Waals surface area (Å²) in [5.41, 5.74) is 2.52. The molecule has 0 aliphatic heterocycles. The van der Waals surface area contributed by atoms with Crippen LogP contribution in [-0.2, 0) is 11.2 Å². The van der Waals surface area contributed by atoms with Gasteiger partial charge < -0.3 is 9.73 Å². The Hall–Kier alpha value is -2.28. The van der Waals surface area contributed by atoms with Crippen LogP contribution in [0.25, 0.3) is 11.1 Å². The minimum absolute atomic E-state index is 0.0848. The molecule has 10 heteroatoms. The molecule has 1 amide bonds. The van der Waals surface area contributed by atoms with E-state index in [1.165, 1.54) is 12.1 Å². The van der Waals surface area contributed by atoms with Crippen molar-refractivity contribution >= 4 is 86.5 Å². The van der Waals surface area contributed by atoms with E-state index in [1.54, 1.807) is 36.4 Å². The van der Waals surface area contributed by atoms with E-state index < -0.39 is 22.1 Å². The Bertz CT molecular complexity index is 1430. The summed E-state index contributed by atoms with van der Waals surface area (Å²) in [5.74, 6) is -1.67. The molecule has 2 atom stereocenters. The number of amides is 1. The second kappa shape index (κ2) is 9.30. The zero-order chi connectivity index (χ0) is 24.9. The number of carbonyl (C=O) groups excluding carboxylic acids is 2. The Labute approximate surface area is 225 Å². The van der Waals surface area contributed by atoms with E-state index in [0.717, 1.165) is 0 Å². The maximum atomic E-state index is 13.0. The molecule has 2 unspecified atom stereocenters. The number of Topliss-reactive ketones (excluding diaryl/α,β-unsaturated/α-hetero) is 1. The number of oxazole rings is 1. The van der Waals surface area contributed by atoms with Gasteiger partial charge in [-0.25, -0.2) is 4.98 Å². The topological polar surface area (TPSA) is 72.2 Å². The fraction of sp³-hybridized carbons (Fsp3) is 0.160. The maximum absolute atomic E-state index is 13.0. The minimum Gasteiger partial charge on any atom is -0.440 e. The van der Waals surface area contributed by atoms with Crippen molar-refractivity contribution in [3.63, 3.8) is 0 Å². The average Bonchev–Trinajstić information content (AvgIpc) is 3.15. The van der Waals surface area contributed by atoms with Crippen LogP contribution >= 0.6 is 58.0 Å². The summed E-state index contributed by atoms with van der Waals surface area (Å²) in [7, 11) is 0. The molecule has 0 spiro atoms. The lowest BCUT2D eigenvalue weighted by molar-refractivity contribution is -0.117. The van der Waals surface area contributed by atoms with E-state index in [4.69, 9.17) is 62.4 Å². The standard InChI is InChI=1S/C25H15Cl5N2O3/c26-13-7-12(8-14(27)9-13)22-23(25(22,29)30)24(34)31-15-5-6-17(28)16(10-15)19(33)11-21-32-18-3-1-2-4-20(18)35-21/h1-10,22-23H,11H2,(H,31,34). The molecule has 1 heterocycles. The molecule has 5 nitrogen and oxygen atoms in total. The predicted molar refractivity (Wildman–Crippen MR) is 139 cm³/mol. The number of alkyl halides is 2. The largest absolute Gasteiger partial charge is 0.440 e. The Morgan fingerprint density at radius 1 is 0.971 bits per heavy atom. The molecule has 1 saturated carbocycles. The number of benzene rings is 3. The van der Waals surface area contributed by atoms with Gasteiger partial charge in [-0.15, -0.1) is 23.2 Å². The first kappa shape index (κ1) is 24.4. The van der Waals surface area contributed by atoms with Crippen LogP contribution < -0.4 is 5.32 Å². The van der Waals surface area contributed by atoms with Crippen LogP contribution in [0.5, 0.6) is 0 Å². The van der Waals surface area contributed by atoms with E-state index in [-0.39, 0.29) is 28.7 Å². The molecular weight excluding hydrogens is 554 g/mol. The van der Waals surface area contributed by atoms with Gasteiger partial charge in [0.25, 0.3) is 0 Å². The van der Waals surface area contributed by atoms with Crippen LogP contribution in [0, 0.1) is 5.92 Å². The number of carbonyl (C=O) groups is 2. The number of nitrogens with zero attached hydrogens (tertiary/aromatic N) is 1. The number of nitrogens with one attached hydrogen (secondary N) is 1. The van der Waals surface area contributed by atoms with Gasteiger partial charge in [-0.1, -0.05) is 46.9 Å². The molecule has 1 aromatic heterocycles. The lowest BCUT2D eigenvalue weighted by Crippen LogP contribution is -2.17. The highest BCUT2D eigenvalue weighted by Gasteiger charge is 2.67. The molecule has 1 N–H and O–H groups in total. The summed E-state index contributed by atoms with van der Waals surface area (Å²) in [5, 5.41) is 3.85. The van der Waals surface area contributed by atoms with Crippen LogP contribution in [0.15, 0.2) is 65.1 Å². The summed E-state index contributed by atoms with van der Waals surface area (Å²) < 4.78 is 4.31. The highest BCUT2D eigenvalue weighted by molar-refractivity contribution is 6.53. The third-order valence-corrected chi connectivity index (χ3v) is 7.47. The van der Waals surface area contributed by atoms with E-state index in [2.05, 4.69) is 10.3 Å². The third-order valence-electron chi connectivity index (χ3n) is 5.76. The zero-order valence-corrected chi connectivity index (χ0v) is 21.5. The highest BCUT2D eigenvalue weighted by atomic mass is 35.5. The normalized spacial score (nSPS) is 18.4. The van der Waals surface area contributed by atoms with E-state index in [0.29, 0.717) is 32.4 Å². The van der Waals surface area contributed by atoms with Crippen molar-refractivity contribution in [2.75, 3.05) is 5.32 Å². The average molecular weight is 569 g/mol. The van der Waals surface area contributed by atoms with Crippen molar-refractivity contribution in [2.45, 2.75) is 16.7 Å². The molecular formula is C25H15Cl5N2O3. The smallest absolute Gasteiger partial charge is 0.231 e. The van der Waals surface area contributed by atoms with Gasteiger partial charge in [0.05, 0.1) is 17.4 Å². The Morgan fingerprint density at radius 3 is 2.40 bits per heavy atom. The SMILES string of the molecule is O=C(Cc1nc2ccccc2o1)c1cc(NC(=O)C2C(c3cc(Cl)cc(Cl)c3)C2(Cl)Cl)ccc1Cl. The van der Waals surface area contributed by atoms with Crippen LogP contribution in [-0.4, -0.2) is 21.0 Å².